The zero-order chi connectivity index (χ0) is 14.7. The molecule has 0 saturated carbocycles. The maximum atomic E-state index is 12.0. The van der Waals surface area contributed by atoms with Crippen LogP contribution in [0.2, 0.25) is 0 Å². The van der Waals surface area contributed by atoms with Gasteiger partial charge in [0.2, 0.25) is 0 Å². The van der Waals surface area contributed by atoms with Gasteiger partial charge in [-0.1, -0.05) is 30.3 Å². The van der Waals surface area contributed by atoms with Crippen molar-refractivity contribution in [3.05, 3.63) is 70.2 Å². The summed E-state index contributed by atoms with van der Waals surface area (Å²) in [5, 5.41) is 2.85. The highest BCUT2D eigenvalue weighted by atomic mass is 16.4. The standard InChI is InChI=1S/C16H14N2O3/c19-15(17-9-8-11-4-2-1-3-5-11)12-6-7-13-14(10-12)21-16(20)18-13/h1-7,10H,8-9H2,(H,17,19)(H,18,20). The third kappa shape index (κ3) is 3.02. The molecule has 0 spiro atoms. The molecule has 0 atom stereocenters. The fourth-order valence-electron chi connectivity index (χ4n) is 2.15. The lowest BCUT2D eigenvalue weighted by Gasteiger charge is -2.05. The number of carbonyl (C=O) groups is 1. The van der Waals surface area contributed by atoms with Crippen LogP contribution in [0.15, 0.2) is 57.7 Å². The average Bonchev–Trinajstić information content (AvgIpc) is 2.87. The Kier molecular flexibility index (Phi) is 3.55. The fourth-order valence-corrected chi connectivity index (χ4v) is 2.15. The van der Waals surface area contributed by atoms with Crippen molar-refractivity contribution in [2.75, 3.05) is 6.54 Å². The summed E-state index contributed by atoms with van der Waals surface area (Å²) in [5.41, 5.74) is 2.61. The van der Waals surface area contributed by atoms with Gasteiger partial charge in [-0.25, -0.2) is 4.79 Å². The molecule has 0 unspecified atom stereocenters. The molecular formula is C16H14N2O3. The highest BCUT2D eigenvalue weighted by Gasteiger charge is 2.08. The summed E-state index contributed by atoms with van der Waals surface area (Å²) in [4.78, 5) is 25.7. The van der Waals surface area contributed by atoms with Crippen molar-refractivity contribution < 1.29 is 9.21 Å². The van der Waals surface area contributed by atoms with E-state index in [1.165, 1.54) is 5.56 Å². The van der Waals surface area contributed by atoms with Crippen LogP contribution < -0.4 is 11.1 Å². The minimum Gasteiger partial charge on any atom is -0.408 e. The molecule has 0 radical (unpaired) electrons. The summed E-state index contributed by atoms with van der Waals surface area (Å²) >= 11 is 0. The fraction of sp³-hybridized carbons (Fsp3) is 0.125. The molecule has 0 aliphatic heterocycles. The number of rotatable bonds is 4. The molecule has 0 aliphatic carbocycles. The van der Waals surface area contributed by atoms with Crippen molar-refractivity contribution in [1.82, 2.24) is 10.3 Å². The lowest BCUT2D eigenvalue weighted by Crippen LogP contribution is -2.25. The summed E-state index contributed by atoms with van der Waals surface area (Å²) in [5.74, 6) is -0.705. The normalized spacial score (nSPS) is 10.7. The Morgan fingerprint density at radius 2 is 1.95 bits per heavy atom. The number of benzene rings is 2. The Balaban J connectivity index is 1.65. The van der Waals surface area contributed by atoms with Crippen molar-refractivity contribution in [3.63, 3.8) is 0 Å². The second-order valence-corrected chi connectivity index (χ2v) is 4.72. The number of aromatic amines is 1. The van der Waals surface area contributed by atoms with E-state index < -0.39 is 5.76 Å². The number of amides is 1. The maximum absolute atomic E-state index is 12.0. The number of aromatic nitrogens is 1. The molecule has 2 aromatic carbocycles. The SMILES string of the molecule is O=C(NCCc1ccccc1)c1ccc2[nH]c(=O)oc2c1. The van der Waals surface area contributed by atoms with E-state index in [0.717, 1.165) is 6.42 Å². The van der Waals surface area contributed by atoms with Gasteiger partial charge in [-0.15, -0.1) is 0 Å². The van der Waals surface area contributed by atoms with Crippen LogP contribution in [0.25, 0.3) is 11.1 Å². The Hall–Kier alpha value is -2.82. The molecular weight excluding hydrogens is 268 g/mol. The van der Waals surface area contributed by atoms with Gasteiger partial charge in [-0.05, 0) is 30.2 Å². The first-order chi connectivity index (χ1) is 10.2. The maximum Gasteiger partial charge on any atom is 0.417 e. The first kappa shape index (κ1) is 13.2. The van der Waals surface area contributed by atoms with Gasteiger partial charge in [0.25, 0.3) is 5.91 Å². The third-order valence-electron chi connectivity index (χ3n) is 3.23. The molecule has 0 saturated heterocycles. The van der Waals surface area contributed by atoms with E-state index in [9.17, 15) is 9.59 Å². The highest BCUT2D eigenvalue weighted by molar-refractivity contribution is 5.96. The Morgan fingerprint density at radius 1 is 1.14 bits per heavy atom. The van der Waals surface area contributed by atoms with Crippen LogP contribution in [0.4, 0.5) is 0 Å². The van der Waals surface area contributed by atoms with E-state index >= 15 is 0 Å². The van der Waals surface area contributed by atoms with E-state index in [1.54, 1.807) is 18.2 Å². The molecule has 5 heteroatoms. The molecule has 3 aromatic rings. The number of oxazole rings is 1. The third-order valence-corrected chi connectivity index (χ3v) is 3.23. The van der Waals surface area contributed by atoms with E-state index in [-0.39, 0.29) is 5.91 Å². The Labute approximate surface area is 120 Å². The molecule has 0 aliphatic rings. The molecule has 21 heavy (non-hydrogen) atoms. The smallest absolute Gasteiger partial charge is 0.408 e. The quantitative estimate of drug-likeness (QED) is 0.769. The molecule has 0 fully saturated rings. The molecule has 5 nitrogen and oxygen atoms in total. The first-order valence-corrected chi connectivity index (χ1v) is 6.67. The zero-order valence-corrected chi connectivity index (χ0v) is 11.3. The van der Waals surface area contributed by atoms with Crippen LogP contribution in [0.5, 0.6) is 0 Å². The molecule has 2 N–H and O–H groups in total. The molecule has 1 amide bonds. The number of hydrogen-bond acceptors (Lipinski definition) is 3. The van der Waals surface area contributed by atoms with Gasteiger partial charge in [0.1, 0.15) is 0 Å². The second kappa shape index (κ2) is 5.66. The van der Waals surface area contributed by atoms with Gasteiger partial charge in [0.05, 0.1) is 5.52 Å². The molecule has 0 bridgehead atoms. The van der Waals surface area contributed by atoms with Crippen LogP contribution in [0.1, 0.15) is 15.9 Å². The Morgan fingerprint density at radius 3 is 2.76 bits per heavy atom. The topological polar surface area (TPSA) is 75.1 Å². The van der Waals surface area contributed by atoms with E-state index in [1.807, 2.05) is 30.3 Å². The van der Waals surface area contributed by atoms with E-state index in [4.69, 9.17) is 4.42 Å². The van der Waals surface area contributed by atoms with Crippen molar-refractivity contribution >= 4 is 17.0 Å². The monoisotopic (exact) mass is 282 g/mol. The summed E-state index contributed by atoms with van der Waals surface area (Å²) in [7, 11) is 0. The number of nitrogens with one attached hydrogen (secondary N) is 2. The number of H-pyrrole nitrogens is 1. The average molecular weight is 282 g/mol. The van der Waals surface area contributed by atoms with Crippen LogP contribution in [-0.4, -0.2) is 17.4 Å². The minimum absolute atomic E-state index is 0.184. The van der Waals surface area contributed by atoms with Crippen molar-refractivity contribution in [1.29, 1.82) is 0 Å². The van der Waals surface area contributed by atoms with Gasteiger partial charge < -0.3 is 9.73 Å². The lowest BCUT2D eigenvalue weighted by molar-refractivity contribution is 0.0954. The van der Waals surface area contributed by atoms with Crippen LogP contribution in [-0.2, 0) is 6.42 Å². The summed E-state index contributed by atoms with van der Waals surface area (Å²) in [6, 6.07) is 14.8. The van der Waals surface area contributed by atoms with Gasteiger partial charge in [0, 0.05) is 12.1 Å². The van der Waals surface area contributed by atoms with Gasteiger partial charge in [0.15, 0.2) is 5.58 Å². The van der Waals surface area contributed by atoms with Crippen LogP contribution in [0.3, 0.4) is 0 Å². The van der Waals surface area contributed by atoms with Crippen LogP contribution in [0, 0.1) is 0 Å². The van der Waals surface area contributed by atoms with Gasteiger partial charge in [-0.2, -0.15) is 0 Å². The predicted octanol–water partition coefficient (Wildman–Crippen LogP) is 2.09. The summed E-state index contributed by atoms with van der Waals surface area (Å²) < 4.78 is 4.94. The lowest BCUT2D eigenvalue weighted by atomic mass is 10.1. The van der Waals surface area contributed by atoms with Crippen molar-refractivity contribution in [3.8, 4) is 0 Å². The summed E-state index contributed by atoms with van der Waals surface area (Å²) in [6.45, 7) is 0.554. The van der Waals surface area contributed by atoms with Crippen molar-refractivity contribution in [2.24, 2.45) is 0 Å². The van der Waals surface area contributed by atoms with Gasteiger partial charge in [-0.3, -0.25) is 9.78 Å². The van der Waals surface area contributed by atoms with Crippen molar-refractivity contribution in [2.45, 2.75) is 6.42 Å². The summed E-state index contributed by atoms with van der Waals surface area (Å²) in [6.07, 6.45) is 0.772. The Bertz CT molecular complexity index is 818. The molecule has 1 heterocycles. The van der Waals surface area contributed by atoms with E-state index in [0.29, 0.717) is 23.2 Å². The number of hydrogen-bond donors (Lipinski definition) is 2. The van der Waals surface area contributed by atoms with Crippen LogP contribution >= 0.6 is 0 Å². The molecule has 3 rings (SSSR count). The molecule has 1 aromatic heterocycles. The second-order valence-electron chi connectivity index (χ2n) is 4.72. The number of carbonyl (C=O) groups excluding carboxylic acids is 1. The largest absolute Gasteiger partial charge is 0.417 e. The minimum atomic E-state index is -0.522. The molecule has 106 valence electrons. The predicted molar refractivity (Wildman–Crippen MR) is 79.3 cm³/mol. The highest BCUT2D eigenvalue weighted by Crippen LogP contribution is 2.12. The van der Waals surface area contributed by atoms with E-state index in [2.05, 4.69) is 10.3 Å². The van der Waals surface area contributed by atoms with Gasteiger partial charge >= 0.3 is 5.76 Å². The number of fused-ring (bicyclic) bond motifs is 1. The first-order valence-electron chi connectivity index (χ1n) is 6.67. The zero-order valence-electron chi connectivity index (χ0n) is 11.3.